The third kappa shape index (κ3) is 6.12. The molecule has 4 aromatic rings. The Kier molecular flexibility index (Phi) is 8.80. The summed E-state index contributed by atoms with van der Waals surface area (Å²) in [6.07, 6.45) is 5.93. The van der Waals surface area contributed by atoms with E-state index in [-0.39, 0.29) is 23.9 Å². The molecule has 0 saturated carbocycles. The quantitative estimate of drug-likeness (QED) is 0.251. The van der Waals surface area contributed by atoms with E-state index in [2.05, 4.69) is 5.32 Å². The summed E-state index contributed by atoms with van der Waals surface area (Å²) in [6, 6.07) is 22.5. The highest BCUT2D eigenvalue weighted by Gasteiger charge is 2.20. The van der Waals surface area contributed by atoms with Crippen LogP contribution in [0.25, 0.3) is 21.9 Å². The number of carbonyl (C=O) groups is 1. The van der Waals surface area contributed by atoms with E-state index in [1.807, 2.05) is 12.1 Å². The highest BCUT2D eigenvalue weighted by atomic mass is 35.5. The number of aromatic hydroxyl groups is 1. The number of halogens is 2. The first-order valence-corrected chi connectivity index (χ1v) is 12.6. The summed E-state index contributed by atoms with van der Waals surface area (Å²) in [5.74, 6) is 0.229. The van der Waals surface area contributed by atoms with Crippen LogP contribution in [0.1, 0.15) is 48.0 Å². The number of phenolic OH excluding ortho intramolecular Hbond substituents is 1. The van der Waals surface area contributed by atoms with Crippen molar-refractivity contribution in [3.8, 4) is 22.6 Å². The SMILES string of the molecule is Cl.O=C(c1ccc(OCCC2CCCCCN2)cc1)c1c(-c2ccccc2F)ccc2cc(O)ccc12. The first-order chi connectivity index (χ1) is 17.6. The Balaban J connectivity index is 0.00000320. The van der Waals surface area contributed by atoms with Gasteiger partial charge in [0, 0.05) is 22.7 Å². The van der Waals surface area contributed by atoms with Gasteiger partial charge in [0.2, 0.25) is 0 Å². The van der Waals surface area contributed by atoms with Crippen LogP contribution in [0.3, 0.4) is 0 Å². The van der Waals surface area contributed by atoms with E-state index in [1.54, 1.807) is 60.7 Å². The first kappa shape index (κ1) is 26.6. The first-order valence-electron chi connectivity index (χ1n) is 12.6. The second-order valence-corrected chi connectivity index (χ2v) is 9.36. The molecule has 0 bridgehead atoms. The van der Waals surface area contributed by atoms with Crippen LogP contribution in [-0.4, -0.2) is 30.1 Å². The van der Waals surface area contributed by atoms with Gasteiger partial charge in [0.1, 0.15) is 17.3 Å². The highest BCUT2D eigenvalue weighted by molar-refractivity contribution is 6.20. The minimum atomic E-state index is -0.392. The standard InChI is InChI=1S/C31H30FNO3.ClH/c32-29-8-4-3-7-27(29)28-15-11-22-20-24(34)12-16-26(22)30(28)31(35)21-9-13-25(14-10-21)36-19-17-23-6-2-1-5-18-33-23;/h3-4,7-16,20,23,33-34H,1-2,5-6,17-19H2;1H. The molecule has 0 aromatic heterocycles. The number of phenols is 1. The van der Waals surface area contributed by atoms with E-state index in [0.29, 0.717) is 45.7 Å². The van der Waals surface area contributed by atoms with Crippen molar-refractivity contribution in [2.24, 2.45) is 0 Å². The number of hydrogen-bond donors (Lipinski definition) is 2. The van der Waals surface area contributed by atoms with E-state index in [0.717, 1.165) is 18.7 Å². The maximum absolute atomic E-state index is 14.7. The van der Waals surface area contributed by atoms with Crippen LogP contribution in [0.2, 0.25) is 0 Å². The summed E-state index contributed by atoms with van der Waals surface area (Å²) in [5, 5.41) is 14.9. The Morgan fingerprint density at radius 3 is 2.57 bits per heavy atom. The maximum Gasteiger partial charge on any atom is 0.194 e. The predicted octanol–water partition coefficient (Wildman–Crippen LogP) is 7.31. The average molecular weight is 520 g/mol. The van der Waals surface area contributed by atoms with Gasteiger partial charge in [-0.2, -0.15) is 0 Å². The Morgan fingerprint density at radius 1 is 0.946 bits per heavy atom. The molecule has 1 fully saturated rings. The zero-order valence-electron chi connectivity index (χ0n) is 20.6. The van der Waals surface area contributed by atoms with Crippen molar-refractivity contribution in [3.63, 3.8) is 0 Å². The lowest BCUT2D eigenvalue weighted by Gasteiger charge is -2.16. The molecule has 37 heavy (non-hydrogen) atoms. The number of carbonyl (C=O) groups excluding carboxylic acids is 1. The van der Waals surface area contributed by atoms with Crippen molar-refractivity contribution in [1.82, 2.24) is 5.32 Å². The topological polar surface area (TPSA) is 58.6 Å². The van der Waals surface area contributed by atoms with Crippen LogP contribution in [-0.2, 0) is 0 Å². The Morgan fingerprint density at radius 2 is 1.76 bits per heavy atom. The lowest BCUT2D eigenvalue weighted by Crippen LogP contribution is -2.29. The van der Waals surface area contributed by atoms with Crippen LogP contribution < -0.4 is 10.1 Å². The fraction of sp³-hybridized carbons (Fsp3) is 0.258. The van der Waals surface area contributed by atoms with Crippen molar-refractivity contribution in [2.75, 3.05) is 13.2 Å². The number of ether oxygens (including phenoxy) is 1. The van der Waals surface area contributed by atoms with E-state index < -0.39 is 5.82 Å². The summed E-state index contributed by atoms with van der Waals surface area (Å²) >= 11 is 0. The molecule has 1 aliphatic rings. The van der Waals surface area contributed by atoms with Gasteiger partial charge in [-0.25, -0.2) is 4.39 Å². The van der Waals surface area contributed by atoms with Gasteiger partial charge in [-0.3, -0.25) is 4.79 Å². The average Bonchev–Trinajstić information content (AvgIpc) is 3.17. The van der Waals surface area contributed by atoms with Gasteiger partial charge in [-0.15, -0.1) is 12.4 Å². The third-order valence-electron chi connectivity index (χ3n) is 6.91. The molecule has 2 N–H and O–H groups in total. The smallest absolute Gasteiger partial charge is 0.194 e. The molecule has 192 valence electrons. The van der Waals surface area contributed by atoms with Crippen molar-refractivity contribution in [2.45, 2.75) is 38.1 Å². The van der Waals surface area contributed by atoms with E-state index in [1.165, 1.54) is 31.7 Å². The summed E-state index contributed by atoms with van der Waals surface area (Å²) in [7, 11) is 0. The van der Waals surface area contributed by atoms with Gasteiger partial charge in [0.05, 0.1) is 6.61 Å². The molecule has 6 heteroatoms. The molecule has 0 spiro atoms. The molecule has 0 amide bonds. The van der Waals surface area contributed by atoms with Crippen molar-refractivity contribution in [3.05, 3.63) is 95.8 Å². The molecule has 1 unspecified atom stereocenters. The molecule has 1 heterocycles. The monoisotopic (exact) mass is 519 g/mol. The van der Waals surface area contributed by atoms with Gasteiger partial charge < -0.3 is 15.2 Å². The number of ketones is 1. The van der Waals surface area contributed by atoms with Gasteiger partial charge in [0.25, 0.3) is 0 Å². The maximum atomic E-state index is 14.7. The van der Waals surface area contributed by atoms with Gasteiger partial charge >= 0.3 is 0 Å². The lowest BCUT2D eigenvalue weighted by molar-refractivity contribution is 0.104. The minimum absolute atomic E-state index is 0. The number of nitrogens with one attached hydrogen (secondary N) is 1. The molecule has 0 radical (unpaired) electrons. The Labute approximate surface area is 222 Å². The van der Waals surface area contributed by atoms with Crippen molar-refractivity contribution in [1.29, 1.82) is 0 Å². The lowest BCUT2D eigenvalue weighted by atomic mass is 9.89. The predicted molar refractivity (Wildman–Crippen MR) is 148 cm³/mol. The van der Waals surface area contributed by atoms with Crippen LogP contribution in [0, 0.1) is 5.82 Å². The van der Waals surface area contributed by atoms with Crippen LogP contribution in [0.5, 0.6) is 11.5 Å². The summed E-state index contributed by atoms with van der Waals surface area (Å²) in [5.41, 5.74) is 1.78. The zero-order chi connectivity index (χ0) is 24.9. The van der Waals surface area contributed by atoms with Crippen LogP contribution in [0.4, 0.5) is 4.39 Å². The summed E-state index contributed by atoms with van der Waals surface area (Å²) in [6.45, 7) is 1.69. The second-order valence-electron chi connectivity index (χ2n) is 9.36. The molecule has 1 atom stereocenters. The molecule has 0 aliphatic carbocycles. The van der Waals surface area contributed by atoms with Crippen molar-refractivity contribution >= 4 is 29.0 Å². The van der Waals surface area contributed by atoms with Gasteiger partial charge in [-0.05, 0) is 90.7 Å². The van der Waals surface area contributed by atoms with Crippen molar-refractivity contribution < 1.29 is 19.0 Å². The fourth-order valence-corrected chi connectivity index (χ4v) is 4.98. The molecule has 1 aliphatic heterocycles. The molecule has 4 aromatic carbocycles. The molecule has 5 rings (SSSR count). The van der Waals surface area contributed by atoms with Gasteiger partial charge in [0.15, 0.2) is 5.78 Å². The minimum Gasteiger partial charge on any atom is -0.508 e. The molecular weight excluding hydrogens is 489 g/mol. The zero-order valence-corrected chi connectivity index (χ0v) is 21.4. The number of fused-ring (bicyclic) bond motifs is 1. The highest BCUT2D eigenvalue weighted by Crippen LogP contribution is 2.35. The third-order valence-corrected chi connectivity index (χ3v) is 6.91. The van der Waals surface area contributed by atoms with Crippen LogP contribution >= 0.6 is 12.4 Å². The molecular formula is C31H31ClFNO3. The van der Waals surface area contributed by atoms with E-state index >= 15 is 0 Å². The number of benzene rings is 4. The molecule has 4 nitrogen and oxygen atoms in total. The van der Waals surface area contributed by atoms with Crippen LogP contribution in [0.15, 0.2) is 78.9 Å². The second kappa shape index (κ2) is 12.2. The molecule has 1 saturated heterocycles. The largest absolute Gasteiger partial charge is 0.508 e. The Hall–Kier alpha value is -3.41. The Bertz CT molecular complexity index is 1370. The fourth-order valence-electron chi connectivity index (χ4n) is 4.98. The van der Waals surface area contributed by atoms with E-state index in [4.69, 9.17) is 4.74 Å². The number of hydrogen-bond acceptors (Lipinski definition) is 4. The van der Waals surface area contributed by atoms with E-state index in [9.17, 15) is 14.3 Å². The van der Waals surface area contributed by atoms with Gasteiger partial charge in [-0.1, -0.05) is 43.2 Å². The summed E-state index contributed by atoms with van der Waals surface area (Å²) < 4.78 is 20.7. The summed E-state index contributed by atoms with van der Waals surface area (Å²) in [4.78, 5) is 13.8. The number of rotatable bonds is 7. The normalized spacial score (nSPS) is 15.5.